The summed E-state index contributed by atoms with van der Waals surface area (Å²) in [6, 6.07) is 10.00. The van der Waals surface area contributed by atoms with Crippen molar-refractivity contribution in [1.29, 1.82) is 0 Å². The first-order chi connectivity index (χ1) is 9.95. The van der Waals surface area contributed by atoms with Gasteiger partial charge in [-0.1, -0.05) is 23.4 Å². The molecule has 110 valence electrons. The van der Waals surface area contributed by atoms with Gasteiger partial charge in [-0.2, -0.15) is 8.78 Å². The van der Waals surface area contributed by atoms with Gasteiger partial charge in [-0.25, -0.2) is 0 Å². The zero-order valence-electron chi connectivity index (χ0n) is 10.5. The lowest BCUT2D eigenvalue weighted by atomic mass is 10.2. The second kappa shape index (κ2) is 6.78. The summed E-state index contributed by atoms with van der Waals surface area (Å²) in [4.78, 5) is 12.4. The summed E-state index contributed by atoms with van der Waals surface area (Å²) in [5.74, 6) is -3.09. The van der Waals surface area contributed by atoms with Gasteiger partial charge < -0.3 is 10.4 Å². The van der Waals surface area contributed by atoms with E-state index in [-0.39, 0.29) is 17.0 Å². The topological polar surface area (TPSA) is 49.3 Å². The quantitative estimate of drug-likeness (QED) is 0.636. The summed E-state index contributed by atoms with van der Waals surface area (Å²) in [5, 5.41) is 12.5. The molecular formula is C14H10ClF2NO2S. The number of thioether (sulfide) groups is 1. The van der Waals surface area contributed by atoms with Crippen LogP contribution in [0.3, 0.4) is 0 Å². The van der Waals surface area contributed by atoms with Gasteiger partial charge in [-0.05, 0) is 42.5 Å². The second-order valence-corrected chi connectivity index (χ2v) is 5.52. The van der Waals surface area contributed by atoms with Crippen LogP contribution in [0.4, 0.5) is 14.5 Å². The molecule has 2 aromatic rings. The zero-order valence-corrected chi connectivity index (χ0v) is 12.1. The minimum Gasteiger partial charge on any atom is -0.506 e. The van der Waals surface area contributed by atoms with E-state index in [1.165, 1.54) is 42.5 Å². The maximum Gasteiger partial charge on any atom is 0.288 e. The number of amides is 1. The van der Waals surface area contributed by atoms with E-state index in [9.17, 15) is 18.7 Å². The van der Waals surface area contributed by atoms with Crippen molar-refractivity contribution in [2.75, 3.05) is 5.32 Å². The molecule has 0 radical (unpaired) electrons. The Hall–Kier alpha value is -1.79. The summed E-state index contributed by atoms with van der Waals surface area (Å²) in [6.45, 7) is 0. The molecule has 21 heavy (non-hydrogen) atoms. The molecule has 0 aliphatic heterocycles. The molecule has 2 N–H and O–H groups in total. The van der Waals surface area contributed by atoms with E-state index in [1.54, 1.807) is 0 Å². The molecule has 0 spiro atoms. The smallest absolute Gasteiger partial charge is 0.288 e. The van der Waals surface area contributed by atoms with Gasteiger partial charge >= 0.3 is 0 Å². The van der Waals surface area contributed by atoms with Gasteiger partial charge in [-0.15, -0.1) is 0 Å². The Labute approximate surface area is 128 Å². The molecule has 0 aromatic heterocycles. The molecule has 2 rings (SSSR count). The molecule has 1 amide bonds. The number of carbonyl (C=O) groups excluding carboxylic acids is 1. The van der Waals surface area contributed by atoms with Crippen LogP contribution >= 0.6 is 23.4 Å². The molecular weight excluding hydrogens is 320 g/mol. The van der Waals surface area contributed by atoms with Crippen molar-refractivity contribution in [1.82, 2.24) is 0 Å². The Balaban J connectivity index is 2.11. The molecule has 0 saturated heterocycles. The first-order valence-corrected chi connectivity index (χ1v) is 7.06. The molecule has 0 aliphatic carbocycles. The Morgan fingerprint density at radius 2 is 1.86 bits per heavy atom. The van der Waals surface area contributed by atoms with E-state index < -0.39 is 11.7 Å². The first-order valence-electron chi connectivity index (χ1n) is 5.80. The molecule has 3 nitrogen and oxygen atoms in total. The van der Waals surface area contributed by atoms with Crippen LogP contribution in [0.1, 0.15) is 10.4 Å². The number of phenolic OH excluding ortho intramolecular Hbond substituents is 1. The van der Waals surface area contributed by atoms with Crippen molar-refractivity contribution < 1.29 is 18.7 Å². The van der Waals surface area contributed by atoms with Crippen molar-refractivity contribution in [3.8, 4) is 5.75 Å². The van der Waals surface area contributed by atoms with Crippen LogP contribution in [-0.2, 0) is 0 Å². The normalized spacial score (nSPS) is 10.7. The fourth-order valence-corrected chi connectivity index (χ4v) is 2.26. The van der Waals surface area contributed by atoms with Gasteiger partial charge in [0.25, 0.3) is 11.7 Å². The average Bonchev–Trinajstić information content (AvgIpc) is 2.43. The predicted molar refractivity (Wildman–Crippen MR) is 79.4 cm³/mol. The average molecular weight is 330 g/mol. The van der Waals surface area contributed by atoms with Gasteiger partial charge in [0, 0.05) is 15.5 Å². The molecule has 0 atom stereocenters. The Morgan fingerprint density at radius 3 is 2.48 bits per heavy atom. The fourth-order valence-electron chi connectivity index (χ4n) is 1.59. The molecule has 0 heterocycles. The SMILES string of the molecule is O=C(Nc1cc(Cl)ccc1O)c1ccc(SC(F)F)cc1. The largest absolute Gasteiger partial charge is 0.506 e. The Bertz CT molecular complexity index is 650. The minimum atomic E-state index is -2.51. The molecule has 0 aliphatic rings. The summed E-state index contributed by atoms with van der Waals surface area (Å²) < 4.78 is 24.4. The maximum absolute atomic E-state index is 12.2. The molecule has 2 aromatic carbocycles. The van der Waals surface area contributed by atoms with Crippen LogP contribution in [0.15, 0.2) is 47.4 Å². The summed E-state index contributed by atoms with van der Waals surface area (Å²) >= 11 is 6.18. The van der Waals surface area contributed by atoms with Crippen molar-refractivity contribution in [3.63, 3.8) is 0 Å². The number of anilines is 1. The number of hydrogen-bond acceptors (Lipinski definition) is 3. The number of phenols is 1. The maximum atomic E-state index is 12.2. The van der Waals surface area contributed by atoms with Crippen molar-refractivity contribution in [3.05, 3.63) is 53.1 Å². The molecule has 0 fully saturated rings. The number of benzene rings is 2. The van der Waals surface area contributed by atoms with Crippen LogP contribution in [0.25, 0.3) is 0 Å². The monoisotopic (exact) mass is 329 g/mol. The van der Waals surface area contributed by atoms with Gasteiger partial charge in [-0.3, -0.25) is 4.79 Å². The van der Waals surface area contributed by atoms with E-state index in [1.807, 2.05) is 0 Å². The predicted octanol–water partition coefficient (Wildman–Crippen LogP) is 4.61. The summed E-state index contributed by atoms with van der Waals surface area (Å²) in [5.41, 5.74) is 0.464. The van der Waals surface area contributed by atoms with E-state index in [0.29, 0.717) is 21.7 Å². The van der Waals surface area contributed by atoms with Gasteiger partial charge in [0.1, 0.15) is 5.75 Å². The van der Waals surface area contributed by atoms with E-state index in [4.69, 9.17) is 11.6 Å². The highest BCUT2D eigenvalue weighted by Gasteiger charge is 2.11. The van der Waals surface area contributed by atoms with Gasteiger partial charge in [0.2, 0.25) is 0 Å². The highest BCUT2D eigenvalue weighted by Crippen LogP contribution is 2.28. The lowest BCUT2D eigenvalue weighted by Gasteiger charge is -2.08. The standard InChI is InChI=1S/C14H10ClF2NO2S/c15-9-3-6-12(19)11(7-9)18-13(20)8-1-4-10(5-2-8)21-14(16)17/h1-7,14,19H,(H,18,20). The first kappa shape index (κ1) is 15.6. The number of carbonyl (C=O) groups is 1. The number of nitrogens with one attached hydrogen (secondary N) is 1. The van der Waals surface area contributed by atoms with Crippen molar-refractivity contribution >= 4 is 35.0 Å². The summed E-state index contributed by atoms with van der Waals surface area (Å²) in [6.07, 6.45) is 0. The zero-order chi connectivity index (χ0) is 15.4. The van der Waals surface area contributed by atoms with E-state index in [0.717, 1.165) is 0 Å². The lowest BCUT2D eigenvalue weighted by Crippen LogP contribution is -2.11. The molecule has 0 bridgehead atoms. The lowest BCUT2D eigenvalue weighted by molar-refractivity contribution is 0.102. The molecule has 0 unspecified atom stereocenters. The minimum absolute atomic E-state index is 0.113. The van der Waals surface area contributed by atoms with Gasteiger partial charge in [0.15, 0.2) is 0 Å². The second-order valence-electron chi connectivity index (χ2n) is 4.02. The Morgan fingerprint density at radius 1 is 1.19 bits per heavy atom. The number of alkyl halides is 2. The third kappa shape index (κ3) is 4.34. The number of rotatable bonds is 4. The Kier molecular flexibility index (Phi) is 5.03. The number of aromatic hydroxyl groups is 1. The summed E-state index contributed by atoms with van der Waals surface area (Å²) in [7, 11) is 0. The molecule has 7 heteroatoms. The number of halogens is 3. The van der Waals surface area contributed by atoms with Crippen LogP contribution in [0.5, 0.6) is 5.75 Å². The van der Waals surface area contributed by atoms with Crippen LogP contribution in [-0.4, -0.2) is 16.8 Å². The van der Waals surface area contributed by atoms with E-state index in [2.05, 4.69) is 5.32 Å². The highest BCUT2D eigenvalue weighted by atomic mass is 35.5. The van der Waals surface area contributed by atoms with E-state index >= 15 is 0 Å². The van der Waals surface area contributed by atoms with Crippen LogP contribution in [0, 0.1) is 0 Å². The highest BCUT2D eigenvalue weighted by molar-refractivity contribution is 7.99. The van der Waals surface area contributed by atoms with Crippen LogP contribution < -0.4 is 5.32 Å². The third-order valence-electron chi connectivity index (χ3n) is 2.55. The molecule has 0 saturated carbocycles. The third-order valence-corrected chi connectivity index (χ3v) is 3.51. The van der Waals surface area contributed by atoms with Crippen molar-refractivity contribution in [2.45, 2.75) is 10.7 Å². The van der Waals surface area contributed by atoms with Crippen LogP contribution in [0.2, 0.25) is 5.02 Å². The number of hydrogen-bond donors (Lipinski definition) is 2. The van der Waals surface area contributed by atoms with Crippen molar-refractivity contribution in [2.24, 2.45) is 0 Å². The fraction of sp³-hybridized carbons (Fsp3) is 0.0714. The van der Waals surface area contributed by atoms with Gasteiger partial charge in [0.05, 0.1) is 5.69 Å².